The number of ether oxygens (including phenoxy) is 1. The van der Waals surface area contributed by atoms with Crippen LogP contribution in [0, 0.1) is 22.4 Å². The lowest BCUT2D eigenvalue weighted by Gasteiger charge is -2.56. The maximum Gasteiger partial charge on any atom is 0.144 e. The Morgan fingerprint density at radius 2 is 1.81 bits per heavy atom. The third kappa shape index (κ3) is 2.32. The van der Waals surface area contributed by atoms with Gasteiger partial charge in [0.15, 0.2) is 0 Å². The Bertz CT molecular complexity index is 592. The molecule has 4 aliphatic rings. The highest BCUT2D eigenvalue weighted by molar-refractivity contribution is 9.10. The number of hydrogen-bond donors (Lipinski definition) is 1. The summed E-state index contributed by atoms with van der Waals surface area (Å²) in [6.07, 6.45) is 8.23. The maximum atomic E-state index is 5.46. The van der Waals surface area contributed by atoms with E-state index in [9.17, 15) is 0 Å². The Balaban J connectivity index is 1.78. The SMILES string of the molecule is COCc1[nH]c(C23CC4CC(CC(C4)C2)C3)nc(=S)c1Br. The molecule has 1 aromatic rings. The first-order valence-corrected chi connectivity index (χ1v) is 9.08. The molecule has 4 aliphatic carbocycles. The largest absolute Gasteiger partial charge is 0.378 e. The number of aromatic nitrogens is 2. The van der Waals surface area contributed by atoms with Crippen LogP contribution in [0.3, 0.4) is 0 Å². The quantitative estimate of drug-likeness (QED) is 0.797. The molecule has 0 aliphatic heterocycles. The fraction of sp³-hybridized carbons (Fsp3) is 0.750. The van der Waals surface area contributed by atoms with Crippen molar-refractivity contribution in [1.29, 1.82) is 0 Å². The molecule has 1 N–H and O–H groups in total. The molecule has 1 aromatic heterocycles. The summed E-state index contributed by atoms with van der Waals surface area (Å²) in [5.41, 5.74) is 1.29. The van der Waals surface area contributed by atoms with Crippen LogP contribution in [0.25, 0.3) is 0 Å². The van der Waals surface area contributed by atoms with Crippen LogP contribution in [0.5, 0.6) is 0 Å². The van der Waals surface area contributed by atoms with Gasteiger partial charge in [-0.2, -0.15) is 0 Å². The number of nitrogens with one attached hydrogen (secondary N) is 1. The van der Waals surface area contributed by atoms with E-state index in [1.165, 1.54) is 38.5 Å². The van der Waals surface area contributed by atoms with Gasteiger partial charge in [-0.05, 0) is 72.2 Å². The molecule has 4 saturated carbocycles. The number of rotatable bonds is 3. The second-order valence-corrected chi connectivity index (χ2v) is 8.49. The molecule has 0 radical (unpaired) electrons. The number of halogens is 1. The normalized spacial score (nSPS) is 37.1. The van der Waals surface area contributed by atoms with Gasteiger partial charge in [-0.3, -0.25) is 0 Å². The van der Waals surface area contributed by atoms with E-state index in [0.717, 1.165) is 33.7 Å². The minimum absolute atomic E-state index is 0.255. The van der Waals surface area contributed by atoms with Gasteiger partial charge >= 0.3 is 0 Å². The van der Waals surface area contributed by atoms with Crippen molar-refractivity contribution in [1.82, 2.24) is 9.97 Å². The summed E-state index contributed by atoms with van der Waals surface area (Å²) >= 11 is 9.01. The lowest BCUT2D eigenvalue weighted by molar-refractivity contribution is -0.00971. The van der Waals surface area contributed by atoms with E-state index < -0.39 is 0 Å². The Labute approximate surface area is 139 Å². The summed E-state index contributed by atoms with van der Waals surface area (Å²) in [4.78, 5) is 8.32. The van der Waals surface area contributed by atoms with Crippen molar-refractivity contribution < 1.29 is 4.74 Å². The summed E-state index contributed by atoms with van der Waals surface area (Å²) in [5.74, 6) is 3.86. The van der Waals surface area contributed by atoms with Crippen LogP contribution < -0.4 is 0 Å². The highest BCUT2D eigenvalue weighted by Crippen LogP contribution is 2.60. The fourth-order valence-electron chi connectivity index (χ4n) is 5.40. The van der Waals surface area contributed by atoms with Gasteiger partial charge in [0.1, 0.15) is 10.5 Å². The second kappa shape index (κ2) is 5.14. The van der Waals surface area contributed by atoms with Crippen LogP contribution in [0.4, 0.5) is 0 Å². The maximum absolute atomic E-state index is 5.46. The summed E-state index contributed by atoms with van der Waals surface area (Å²) in [5, 5.41) is 0. The first-order valence-electron chi connectivity index (χ1n) is 7.88. The topological polar surface area (TPSA) is 37.9 Å². The molecule has 114 valence electrons. The molecular weight excluding hydrogens is 348 g/mol. The van der Waals surface area contributed by atoms with Crippen molar-refractivity contribution in [2.75, 3.05) is 7.11 Å². The number of nitrogens with zero attached hydrogens (tertiary/aromatic N) is 1. The predicted molar refractivity (Wildman–Crippen MR) is 87.7 cm³/mol. The molecule has 0 amide bonds. The van der Waals surface area contributed by atoms with E-state index in [1.807, 2.05) is 0 Å². The van der Waals surface area contributed by atoms with E-state index in [0.29, 0.717) is 11.2 Å². The number of H-pyrrole nitrogens is 1. The van der Waals surface area contributed by atoms with Crippen LogP contribution in [-0.2, 0) is 16.8 Å². The van der Waals surface area contributed by atoms with Gasteiger partial charge in [-0.25, -0.2) is 4.98 Å². The third-order valence-corrected chi connectivity index (χ3v) is 7.18. The molecule has 3 nitrogen and oxygen atoms in total. The Kier molecular flexibility index (Phi) is 3.51. The first kappa shape index (κ1) is 14.3. The molecule has 0 spiro atoms. The summed E-state index contributed by atoms with van der Waals surface area (Å²) < 4.78 is 6.86. The first-order chi connectivity index (χ1) is 10.1. The van der Waals surface area contributed by atoms with E-state index in [4.69, 9.17) is 21.9 Å². The highest BCUT2D eigenvalue weighted by atomic mass is 79.9. The molecule has 4 fully saturated rings. The third-order valence-electron chi connectivity index (χ3n) is 5.76. The van der Waals surface area contributed by atoms with E-state index in [2.05, 4.69) is 20.9 Å². The van der Waals surface area contributed by atoms with Gasteiger partial charge in [0.05, 0.1) is 16.8 Å². The fourth-order valence-corrected chi connectivity index (χ4v) is 5.92. The standard InChI is InChI=1S/C16H21BrN2OS/c1-20-8-12-13(17)14(21)19-15(18-12)16-5-9-2-10(6-16)4-11(3-9)7-16/h9-11H,2-8H2,1H3,(H,18,19,21). The lowest BCUT2D eigenvalue weighted by Crippen LogP contribution is -2.49. The molecule has 21 heavy (non-hydrogen) atoms. The molecule has 5 heteroatoms. The summed E-state index contributed by atoms with van der Waals surface area (Å²) in [6, 6.07) is 0. The van der Waals surface area contributed by atoms with Crippen LogP contribution in [0.1, 0.15) is 50.0 Å². The predicted octanol–water partition coefficient (Wildman–Crippen LogP) is 4.52. The van der Waals surface area contributed by atoms with Crippen LogP contribution in [0.15, 0.2) is 4.47 Å². The second-order valence-electron chi connectivity index (χ2n) is 7.31. The average Bonchev–Trinajstić information content (AvgIpc) is 2.42. The summed E-state index contributed by atoms with van der Waals surface area (Å²) in [6.45, 7) is 0.548. The number of aromatic amines is 1. The van der Waals surface area contributed by atoms with Crippen LogP contribution in [0.2, 0.25) is 0 Å². The molecule has 0 atom stereocenters. The zero-order valence-corrected chi connectivity index (χ0v) is 14.7. The van der Waals surface area contributed by atoms with E-state index in [1.54, 1.807) is 7.11 Å². The van der Waals surface area contributed by atoms with Gasteiger partial charge in [0.2, 0.25) is 0 Å². The molecule has 0 unspecified atom stereocenters. The van der Waals surface area contributed by atoms with Crippen molar-refractivity contribution in [2.45, 2.75) is 50.5 Å². The highest BCUT2D eigenvalue weighted by Gasteiger charge is 2.52. The minimum Gasteiger partial charge on any atom is -0.378 e. The van der Waals surface area contributed by atoms with Crippen LogP contribution in [-0.4, -0.2) is 17.1 Å². The van der Waals surface area contributed by atoms with E-state index >= 15 is 0 Å². The lowest BCUT2D eigenvalue weighted by atomic mass is 9.49. The monoisotopic (exact) mass is 368 g/mol. The zero-order valence-electron chi connectivity index (χ0n) is 12.3. The van der Waals surface area contributed by atoms with Gasteiger partial charge in [0, 0.05) is 12.5 Å². The smallest absolute Gasteiger partial charge is 0.144 e. The Morgan fingerprint density at radius 3 is 2.33 bits per heavy atom. The van der Waals surface area contributed by atoms with Crippen molar-refractivity contribution in [3.63, 3.8) is 0 Å². The molecule has 0 aromatic carbocycles. The van der Waals surface area contributed by atoms with Crippen molar-refractivity contribution in [3.8, 4) is 0 Å². The van der Waals surface area contributed by atoms with Crippen LogP contribution >= 0.6 is 28.1 Å². The Morgan fingerprint density at radius 1 is 1.24 bits per heavy atom. The molecule has 1 heterocycles. The average molecular weight is 369 g/mol. The number of methoxy groups -OCH3 is 1. The number of hydrogen-bond acceptors (Lipinski definition) is 3. The van der Waals surface area contributed by atoms with Crippen molar-refractivity contribution >= 4 is 28.1 Å². The van der Waals surface area contributed by atoms with Gasteiger partial charge in [-0.1, -0.05) is 12.2 Å². The van der Waals surface area contributed by atoms with Crippen molar-refractivity contribution in [2.24, 2.45) is 17.8 Å². The van der Waals surface area contributed by atoms with Gasteiger partial charge < -0.3 is 9.72 Å². The van der Waals surface area contributed by atoms with Gasteiger partial charge in [-0.15, -0.1) is 0 Å². The summed E-state index contributed by atoms with van der Waals surface area (Å²) in [7, 11) is 1.72. The molecule has 4 bridgehead atoms. The zero-order chi connectivity index (χ0) is 14.6. The molecule has 5 rings (SSSR count). The minimum atomic E-state index is 0.255. The van der Waals surface area contributed by atoms with E-state index in [-0.39, 0.29) is 5.41 Å². The molecule has 0 saturated heterocycles. The van der Waals surface area contributed by atoms with Gasteiger partial charge in [0.25, 0.3) is 0 Å². The van der Waals surface area contributed by atoms with Crippen molar-refractivity contribution in [3.05, 3.63) is 20.6 Å². The Hall–Kier alpha value is -0.260. The molecular formula is C16H21BrN2OS.